The van der Waals surface area contributed by atoms with E-state index in [-0.39, 0.29) is 5.41 Å². The molecule has 2 aliphatic heterocycles. The van der Waals surface area contributed by atoms with Gasteiger partial charge in [-0.1, -0.05) is 20.8 Å². The van der Waals surface area contributed by atoms with Gasteiger partial charge in [-0.3, -0.25) is 4.90 Å². The number of rotatable bonds is 1. The molecule has 1 nitrogen and oxygen atoms in total. The summed E-state index contributed by atoms with van der Waals surface area (Å²) in [7, 11) is 0. The molecule has 2 heteroatoms. The Labute approximate surface area is 92.0 Å². The van der Waals surface area contributed by atoms with Gasteiger partial charge in [0.15, 0.2) is 0 Å². The van der Waals surface area contributed by atoms with Crippen molar-refractivity contribution in [3.05, 3.63) is 0 Å². The SMILES string of the molecule is CC(C)(C)CC1C(F)CN2CC3CC3C12. The Kier molecular flexibility index (Phi) is 1.99. The Bertz CT molecular complexity index is 270. The molecule has 5 unspecified atom stereocenters. The normalized spacial score (nSPS) is 49.2. The minimum absolute atomic E-state index is 0.276. The molecule has 3 rings (SSSR count). The molecule has 1 aliphatic carbocycles. The summed E-state index contributed by atoms with van der Waals surface area (Å²) in [5.41, 5.74) is 0.276. The average Bonchev–Trinajstić information content (AvgIpc) is 2.64. The second kappa shape index (κ2) is 2.97. The fourth-order valence-corrected chi connectivity index (χ4v) is 3.91. The van der Waals surface area contributed by atoms with Gasteiger partial charge in [-0.2, -0.15) is 0 Å². The molecular formula is C13H22FN. The van der Waals surface area contributed by atoms with Crippen molar-refractivity contribution in [2.45, 2.75) is 45.8 Å². The van der Waals surface area contributed by atoms with Crippen LogP contribution in [0.5, 0.6) is 0 Å². The molecule has 1 saturated carbocycles. The molecular weight excluding hydrogens is 189 g/mol. The van der Waals surface area contributed by atoms with E-state index in [0.717, 1.165) is 24.8 Å². The van der Waals surface area contributed by atoms with E-state index < -0.39 is 6.17 Å². The van der Waals surface area contributed by atoms with Crippen LogP contribution < -0.4 is 0 Å². The summed E-state index contributed by atoms with van der Waals surface area (Å²) in [5, 5.41) is 0. The van der Waals surface area contributed by atoms with Crippen LogP contribution in [0.15, 0.2) is 0 Å². The van der Waals surface area contributed by atoms with Crippen molar-refractivity contribution < 1.29 is 4.39 Å². The Morgan fingerprint density at radius 3 is 2.67 bits per heavy atom. The van der Waals surface area contributed by atoms with E-state index in [9.17, 15) is 4.39 Å². The summed E-state index contributed by atoms with van der Waals surface area (Å²) in [6, 6.07) is 0.601. The van der Waals surface area contributed by atoms with E-state index in [1.165, 1.54) is 13.0 Å². The maximum absolute atomic E-state index is 14.0. The second-order valence-electron chi connectivity index (χ2n) is 7.05. The third-order valence-electron chi connectivity index (χ3n) is 4.47. The largest absolute Gasteiger partial charge is 0.297 e. The Morgan fingerprint density at radius 1 is 1.27 bits per heavy atom. The van der Waals surface area contributed by atoms with Gasteiger partial charge in [0.2, 0.25) is 0 Å². The maximum Gasteiger partial charge on any atom is 0.117 e. The third-order valence-corrected chi connectivity index (χ3v) is 4.47. The number of alkyl halides is 1. The fraction of sp³-hybridized carbons (Fsp3) is 1.00. The number of fused-ring (bicyclic) bond motifs is 3. The molecule has 0 bridgehead atoms. The zero-order valence-corrected chi connectivity index (χ0v) is 10.0. The predicted octanol–water partition coefficient (Wildman–Crippen LogP) is 2.71. The first-order valence-electron chi connectivity index (χ1n) is 6.34. The first-order chi connectivity index (χ1) is 6.96. The molecule has 0 amide bonds. The van der Waals surface area contributed by atoms with E-state index >= 15 is 0 Å². The number of nitrogens with zero attached hydrogens (tertiary/aromatic N) is 1. The molecule has 5 atom stereocenters. The Morgan fingerprint density at radius 2 is 2.00 bits per heavy atom. The molecule has 0 spiro atoms. The molecule has 0 N–H and O–H groups in total. The van der Waals surface area contributed by atoms with Crippen molar-refractivity contribution in [2.24, 2.45) is 23.2 Å². The van der Waals surface area contributed by atoms with E-state index in [2.05, 4.69) is 25.7 Å². The van der Waals surface area contributed by atoms with Gasteiger partial charge in [-0.15, -0.1) is 0 Å². The predicted molar refractivity (Wildman–Crippen MR) is 59.4 cm³/mol. The molecule has 0 aromatic carbocycles. The smallest absolute Gasteiger partial charge is 0.117 e. The first-order valence-corrected chi connectivity index (χ1v) is 6.34. The van der Waals surface area contributed by atoms with E-state index in [1.54, 1.807) is 0 Å². The highest BCUT2D eigenvalue weighted by atomic mass is 19.1. The van der Waals surface area contributed by atoms with Crippen LogP contribution in [-0.2, 0) is 0 Å². The quantitative estimate of drug-likeness (QED) is 0.644. The van der Waals surface area contributed by atoms with Crippen LogP contribution in [0.3, 0.4) is 0 Å². The minimum Gasteiger partial charge on any atom is -0.297 e. The van der Waals surface area contributed by atoms with Crippen molar-refractivity contribution in [3.63, 3.8) is 0 Å². The highest BCUT2D eigenvalue weighted by Crippen LogP contribution is 2.56. The van der Waals surface area contributed by atoms with E-state index in [0.29, 0.717) is 12.0 Å². The highest BCUT2D eigenvalue weighted by molar-refractivity contribution is 5.11. The molecule has 86 valence electrons. The fourth-order valence-electron chi connectivity index (χ4n) is 3.91. The zero-order valence-electron chi connectivity index (χ0n) is 10.0. The van der Waals surface area contributed by atoms with Gasteiger partial charge in [-0.25, -0.2) is 4.39 Å². The molecule has 2 saturated heterocycles. The van der Waals surface area contributed by atoms with Gasteiger partial charge in [0, 0.05) is 25.0 Å². The van der Waals surface area contributed by atoms with Gasteiger partial charge in [0.1, 0.15) is 6.17 Å². The molecule has 2 heterocycles. The van der Waals surface area contributed by atoms with Crippen molar-refractivity contribution in [2.75, 3.05) is 13.1 Å². The topological polar surface area (TPSA) is 3.24 Å². The minimum atomic E-state index is -0.559. The zero-order chi connectivity index (χ0) is 10.8. The van der Waals surface area contributed by atoms with Crippen molar-refractivity contribution in [1.29, 1.82) is 0 Å². The summed E-state index contributed by atoms with van der Waals surface area (Å²) in [6.45, 7) is 8.62. The summed E-state index contributed by atoms with van der Waals surface area (Å²) < 4.78 is 14.0. The average molecular weight is 211 g/mol. The van der Waals surface area contributed by atoms with Crippen LogP contribution in [0.1, 0.15) is 33.6 Å². The van der Waals surface area contributed by atoms with Crippen molar-refractivity contribution in [1.82, 2.24) is 4.90 Å². The van der Waals surface area contributed by atoms with Crippen LogP contribution in [0, 0.1) is 23.2 Å². The summed E-state index contributed by atoms with van der Waals surface area (Å²) in [6.07, 6.45) is 1.88. The molecule has 15 heavy (non-hydrogen) atoms. The maximum atomic E-state index is 14.0. The summed E-state index contributed by atoms with van der Waals surface area (Å²) in [4.78, 5) is 2.43. The molecule has 0 aromatic heterocycles. The molecule has 0 radical (unpaired) electrons. The Hall–Kier alpha value is -0.110. The second-order valence-corrected chi connectivity index (χ2v) is 7.05. The third kappa shape index (κ3) is 1.61. The molecule has 3 fully saturated rings. The number of hydrogen-bond acceptors (Lipinski definition) is 1. The Balaban J connectivity index is 1.75. The lowest BCUT2D eigenvalue weighted by atomic mass is 9.80. The highest BCUT2D eigenvalue weighted by Gasteiger charge is 2.59. The van der Waals surface area contributed by atoms with Crippen LogP contribution in [-0.4, -0.2) is 30.2 Å². The van der Waals surface area contributed by atoms with Crippen molar-refractivity contribution >= 4 is 0 Å². The standard InChI is InChI=1S/C13H22FN/c1-13(2,3)5-10-11(14)7-15-6-8-4-9(8)12(10)15/h8-12H,4-7H2,1-3H3. The molecule has 3 aliphatic rings. The number of halogens is 1. The van der Waals surface area contributed by atoms with Gasteiger partial charge < -0.3 is 0 Å². The monoisotopic (exact) mass is 211 g/mol. The molecule has 0 aromatic rings. The number of piperidine rings is 1. The lowest BCUT2D eigenvalue weighted by Crippen LogP contribution is -2.32. The van der Waals surface area contributed by atoms with Crippen LogP contribution in [0.4, 0.5) is 4.39 Å². The lowest BCUT2D eigenvalue weighted by molar-refractivity contribution is 0.175. The van der Waals surface area contributed by atoms with Gasteiger partial charge in [0.25, 0.3) is 0 Å². The van der Waals surface area contributed by atoms with Gasteiger partial charge in [-0.05, 0) is 30.1 Å². The van der Waals surface area contributed by atoms with E-state index in [4.69, 9.17) is 0 Å². The van der Waals surface area contributed by atoms with Gasteiger partial charge >= 0.3 is 0 Å². The van der Waals surface area contributed by atoms with Crippen molar-refractivity contribution in [3.8, 4) is 0 Å². The van der Waals surface area contributed by atoms with E-state index in [1.807, 2.05) is 0 Å². The number of hydrogen-bond donors (Lipinski definition) is 0. The van der Waals surface area contributed by atoms with Crippen LogP contribution in [0.2, 0.25) is 0 Å². The van der Waals surface area contributed by atoms with Crippen LogP contribution >= 0.6 is 0 Å². The first kappa shape index (κ1) is 10.1. The summed E-state index contributed by atoms with van der Waals surface area (Å²) in [5.74, 6) is 2.12. The van der Waals surface area contributed by atoms with Crippen LogP contribution in [0.25, 0.3) is 0 Å². The van der Waals surface area contributed by atoms with Gasteiger partial charge in [0.05, 0.1) is 0 Å². The summed E-state index contributed by atoms with van der Waals surface area (Å²) >= 11 is 0. The lowest BCUT2D eigenvalue weighted by Gasteiger charge is -2.29.